The zero-order valence-electron chi connectivity index (χ0n) is 17.0. The van der Waals surface area contributed by atoms with Crippen molar-refractivity contribution in [1.82, 2.24) is 4.57 Å². The van der Waals surface area contributed by atoms with Crippen molar-refractivity contribution in [2.45, 2.75) is 38.1 Å². The number of carboxylic acid groups (broad SMARTS) is 1. The molecule has 1 heterocycles. The number of benzene rings is 2. The van der Waals surface area contributed by atoms with Crippen molar-refractivity contribution in [3.63, 3.8) is 0 Å². The highest BCUT2D eigenvalue weighted by Gasteiger charge is 2.31. The number of amides is 1. The van der Waals surface area contributed by atoms with E-state index in [1.807, 2.05) is 30.3 Å². The van der Waals surface area contributed by atoms with E-state index in [2.05, 4.69) is 10.6 Å². The number of aliphatic carboxylic acids is 1. The standard InChI is InChI=1S/C24H23N3O4/c25-12-15-5-3-6-16(11-15)13-27-18-8-2-1-7-17(24(26)30)22(18)23-19(27)9-4-10-20(23)31-14-21(28)29/h3-6,9-11,17H,1-2,7-8,13-14H2,(H2,26,30)(H,28,29). The number of carbonyl (C=O) groups excluding carboxylic acids is 1. The fraction of sp³-hybridized carbons (Fsp3) is 0.292. The molecule has 0 bridgehead atoms. The van der Waals surface area contributed by atoms with E-state index in [0.717, 1.165) is 47.0 Å². The van der Waals surface area contributed by atoms with Crippen molar-refractivity contribution in [2.75, 3.05) is 6.61 Å². The minimum Gasteiger partial charge on any atom is -0.481 e. The zero-order chi connectivity index (χ0) is 22.0. The van der Waals surface area contributed by atoms with Crippen LogP contribution in [0.5, 0.6) is 5.75 Å². The Morgan fingerprint density at radius 2 is 2.03 bits per heavy atom. The Bertz CT molecular complexity index is 1210. The third-order valence-electron chi connectivity index (χ3n) is 5.80. The second kappa shape index (κ2) is 8.52. The lowest BCUT2D eigenvalue weighted by atomic mass is 9.92. The summed E-state index contributed by atoms with van der Waals surface area (Å²) >= 11 is 0. The minimum atomic E-state index is -1.07. The molecule has 1 aliphatic carbocycles. The number of hydrogen-bond acceptors (Lipinski definition) is 4. The van der Waals surface area contributed by atoms with Crippen LogP contribution >= 0.6 is 0 Å². The molecule has 158 valence electrons. The van der Waals surface area contributed by atoms with Gasteiger partial charge >= 0.3 is 5.97 Å². The highest BCUT2D eigenvalue weighted by molar-refractivity contribution is 5.97. The molecule has 1 unspecified atom stereocenters. The van der Waals surface area contributed by atoms with Gasteiger partial charge in [0.1, 0.15) is 5.75 Å². The minimum absolute atomic E-state index is 0.387. The van der Waals surface area contributed by atoms with Crippen molar-refractivity contribution in [2.24, 2.45) is 5.73 Å². The Morgan fingerprint density at radius 3 is 2.77 bits per heavy atom. The number of hydrogen-bond donors (Lipinski definition) is 2. The van der Waals surface area contributed by atoms with Crippen LogP contribution in [0.15, 0.2) is 42.5 Å². The van der Waals surface area contributed by atoms with Crippen LogP contribution in [0.4, 0.5) is 0 Å². The van der Waals surface area contributed by atoms with Gasteiger partial charge in [0.15, 0.2) is 6.61 Å². The molecule has 0 spiro atoms. The highest BCUT2D eigenvalue weighted by Crippen LogP contribution is 2.42. The van der Waals surface area contributed by atoms with Crippen LogP contribution in [0.3, 0.4) is 0 Å². The molecule has 0 radical (unpaired) electrons. The third-order valence-corrected chi connectivity index (χ3v) is 5.80. The average molecular weight is 417 g/mol. The van der Waals surface area contributed by atoms with Crippen LogP contribution in [0.25, 0.3) is 10.9 Å². The number of fused-ring (bicyclic) bond motifs is 3. The van der Waals surface area contributed by atoms with Crippen LogP contribution in [-0.2, 0) is 22.6 Å². The number of primary amides is 1. The van der Waals surface area contributed by atoms with E-state index in [1.165, 1.54) is 0 Å². The zero-order valence-corrected chi connectivity index (χ0v) is 17.0. The molecule has 3 N–H and O–H groups in total. The molecule has 1 aliphatic rings. The Hall–Kier alpha value is -3.79. The van der Waals surface area contributed by atoms with Crippen molar-refractivity contribution in [1.29, 1.82) is 5.26 Å². The number of aromatic nitrogens is 1. The molecule has 0 saturated carbocycles. The molecule has 3 aromatic rings. The first-order chi connectivity index (χ1) is 15.0. The van der Waals surface area contributed by atoms with E-state index in [1.54, 1.807) is 12.1 Å². The number of nitrogens with zero attached hydrogens (tertiary/aromatic N) is 2. The van der Waals surface area contributed by atoms with E-state index in [9.17, 15) is 14.9 Å². The van der Waals surface area contributed by atoms with E-state index < -0.39 is 18.5 Å². The molecule has 1 aromatic heterocycles. The van der Waals surface area contributed by atoms with Gasteiger partial charge in [-0.2, -0.15) is 5.26 Å². The van der Waals surface area contributed by atoms with Gasteiger partial charge in [-0.25, -0.2) is 4.79 Å². The van der Waals surface area contributed by atoms with Crippen LogP contribution < -0.4 is 10.5 Å². The van der Waals surface area contributed by atoms with Crippen molar-refractivity contribution in [3.05, 3.63) is 64.8 Å². The topological polar surface area (TPSA) is 118 Å². The Balaban J connectivity index is 1.94. The number of carbonyl (C=O) groups is 2. The fourth-order valence-corrected chi connectivity index (χ4v) is 4.53. The molecule has 4 rings (SSSR count). The number of nitrogens with two attached hydrogens (primary N) is 1. The first kappa shape index (κ1) is 20.5. The van der Waals surface area contributed by atoms with Gasteiger partial charge in [-0.1, -0.05) is 24.6 Å². The van der Waals surface area contributed by atoms with Crippen molar-refractivity contribution < 1.29 is 19.4 Å². The van der Waals surface area contributed by atoms with E-state index in [-0.39, 0.29) is 5.91 Å². The highest BCUT2D eigenvalue weighted by atomic mass is 16.5. The third kappa shape index (κ3) is 3.97. The number of nitriles is 1. The molecule has 7 nitrogen and oxygen atoms in total. The van der Waals surface area contributed by atoms with Gasteiger partial charge in [-0.15, -0.1) is 0 Å². The lowest BCUT2D eigenvalue weighted by Gasteiger charge is -2.14. The second-order valence-corrected chi connectivity index (χ2v) is 7.79. The monoisotopic (exact) mass is 417 g/mol. The van der Waals surface area contributed by atoms with E-state index in [4.69, 9.17) is 15.6 Å². The quantitative estimate of drug-likeness (QED) is 0.597. The first-order valence-corrected chi connectivity index (χ1v) is 10.3. The van der Waals surface area contributed by atoms with Crippen LogP contribution in [-0.4, -0.2) is 28.2 Å². The molecule has 0 saturated heterocycles. The predicted octanol–water partition coefficient (Wildman–Crippen LogP) is 3.32. The molecule has 0 aliphatic heterocycles. The number of ether oxygens (including phenoxy) is 1. The van der Waals surface area contributed by atoms with E-state index >= 15 is 0 Å². The largest absolute Gasteiger partial charge is 0.481 e. The summed E-state index contributed by atoms with van der Waals surface area (Å²) in [5.41, 5.74) is 10.1. The molecule has 7 heteroatoms. The van der Waals surface area contributed by atoms with Gasteiger partial charge < -0.3 is 20.1 Å². The molecule has 31 heavy (non-hydrogen) atoms. The Morgan fingerprint density at radius 1 is 1.23 bits per heavy atom. The van der Waals surface area contributed by atoms with Crippen molar-refractivity contribution in [3.8, 4) is 11.8 Å². The predicted molar refractivity (Wildman–Crippen MR) is 115 cm³/mol. The summed E-state index contributed by atoms with van der Waals surface area (Å²) < 4.78 is 7.76. The maximum atomic E-state index is 12.4. The lowest BCUT2D eigenvalue weighted by molar-refractivity contribution is -0.139. The summed E-state index contributed by atoms with van der Waals surface area (Å²) in [6.45, 7) is 0.0553. The van der Waals surface area contributed by atoms with Gasteiger partial charge in [0.25, 0.3) is 0 Å². The first-order valence-electron chi connectivity index (χ1n) is 10.3. The van der Waals surface area contributed by atoms with Gasteiger partial charge in [-0.3, -0.25) is 4.79 Å². The lowest BCUT2D eigenvalue weighted by Crippen LogP contribution is -2.21. The molecular formula is C24H23N3O4. The van der Waals surface area contributed by atoms with E-state index in [0.29, 0.717) is 24.3 Å². The van der Waals surface area contributed by atoms with Crippen LogP contribution in [0, 0.1) is 11.3 Å². The van der Waals surface area contributed by atoms with Gasteiger partial charge in [0.05, 0.1) is 23.1 Å². The maximum Gasteiger partial charge on any atom is 0.341 e. The van der Waals surface area contributed by atoms with Gasteiger partial charge in [-0.05, 0) is 54.7 Å². The number of rotatable bonds is 6. The molecule has 1 atom stereocenters. The van der Waals surface area contributed by atoms with Crippen LogP contribution in [0.1, 0.15) is 47.6 Å². The average Bonchev–Trinajstić information content (AvgIpc) is 2.91. The molecule has 2 aromatic carbocycles. The Kier molecular flexibility index (Phi) is 5.63. The smallest absolute Gasteiger partial charge is 0.341 e. The van der Waals surface area contributed by atoms with Crippen LogP contribution in [0.2, 0.25) is 0 Å². The summed E-state index contributed by atoms with van der Waals surface area (Å²) in [4.78, 5) is 23.5. The summed E-state index contributed by atoms with van der Waals surface area (Å²) in [6, 6.07) is 15.1. The van der Waals surface area contributed by atoms with Gasteiger partial charge in [0, 0.05) is 17.6 Å². The molecule has 0 fully saturated rings. The van der Waals surface area contributed by atoms with Gasteiger partial charge in [0.2, 0.25) is 5.91 Å². The fourth-order valence-electron chi connectivity index (χ4n) is 4.53. The number of carboxylic acids is 1. The summed E-state index contributed by atoms with van der Waals surface area (Å²) in [7, 11) is 0. The SMILES string of the molecule is N#Cc1cccc(Cn2c3c(c4c(OCC(=O)O)cccc42)C(C(N)=O)CCCC3)c1. The summed E-state index contributed by atoms with van der Waals surface area (Å²) in [5, 5.41) is 19.1. The molecule has 1 amide bonds. The normalized spacial score (nSPS) is 15.6. The Labute approximate surface area is 179 Å². The second-order valence-electron chi connectivity index (χ2n) is 7.79. The maximum absolute atomic E-state index is 12.4. The molecular weight excluding hydrogens is 394 g/mol. The summed E-state index contributed by atoms with van der Waals surface area (Å²) in [5.74, 6) is -1.47. The summed E-state index contributed by atoms with van der Waals surface area (Å²) in [6.07, 6.45) is 3.24. The van der Waals surface area contributed by atoms with Crippen molar-refractivity contribution >= 4 is 22.8 Å².